The molecule has 1 N–H and O–H groups in total. The molecule has 0 saturated carbocycles. The van der Waals surface area contributed by atoms with Gasteiger partial charge in [-0.1, -0.05) is 45.9 Å². The summed E-state index contributed by atoms with van der Waals surface area (Å²) in [6.45, 7) is 9.14. The molecule has 3 rings (SSSR count). The normalized spacial score (nSPS) is 39.0. The van der Waals surface area contributed by atoms with E-state index in [0.717, 1.165) is 38.5 Å². The minimum absolute atomic E-state index is 0.0354. The number of allylic oxidation sites excluding steroid dienone is 3. The fourth-order valence-electron chi connectivity index (χ4n) is 5.09. The van der Waals surface area contributed by atoms with Gasteiger partial charge in [0.25, 0.3) is 0 Å². The molecular weight excluding hydrogens is 352 g/mol. The van der Waals surface area contributed by atoms with E-state index < -0.39 is 0 Å². The Kier molecular flexibility index (Phi) is 7.38. The van der Waals surface area contributed by atoms with Crippen molar-refractivity contribution in [3.8, 4) is 0 Å². The molecule has 0 radical (unpaired) electrons. The summed E-state index contributed by atoms with van der Waals surface area (Å²) < 4.78 is 12.0. The zero-order valence-electron chi connectivity index (χ0n) is 18.0. The molecule has 0 aromatic heterocycles. The van der Waals surface area contributed by atoms with E-state index in [1.807, 2.05) is 13.8 Å². The van der Waals surface area contributed by atoms with Crippen LogP contribution in [-0.2, 0) is 14.3 Å². The Morgan fingerprint density at radius 2 is 2.11 bits per heavy atom. The Balaban J connectivity index is 1.73. The molecule has 1 aliphatic heterocycles. The van der Waals surface area contributed by atoms with E-state index in [4.69, 9.17) is 9.47 Å². The summed E-state index contributed by atoms with van der Waals surface area (Å²) in [5, 5.41) is 9.94. The van der Waals surface area contributed by atoms with Gasteiger partial charge in [-0.05, 0) is 61.9 Å². The van der Waals surface area contributed by atoms with E-state index in [-0.39, 0.29) is 36.1 Å². The molecule has 0 spiro atoms. The number of aliphatic hydroxyl groups is 1. The molecule has 1 saturated heterocycles. The van der Waals surface area contributed by atoms with Crippen molar-refractivity contribution in [2.24, 2.45) is 29.6 Å². The fourth-order valence-corrected chi connectivity index (χ4v) is 5.09. The minimum Gasteiger partial charge on any atom is -0.461 e. The van der Waals surface area contributed by atoms with Crippen LogP contribution in [0, 0.1) is 29.6 Å². The third kappa shape index (κ3) is 5.07. The Morgan fingerprint density at radius 1 is 1.32 bits per heavy atom. The topological polar surface area (TPSA) is 55.8 Å². The molecule has 4 heteroatoms. The molecule has 1 heterocycles. The van der Waals surface area contributed by atoms with Crippen molar-refractivity contribution in [2.75, 3.05) is 6.61 Å². The average molecular weight is 391 g/mol. The maximum absolute atomic E-state index is 12.5. The summed E-state index contributed by atoms with van der Waals surface area (Å²) in [4.78, 5) is 12.5. The number of hydrogen-bond donors (Lipinski definition) is 1. The highest BCUT2D eigenvalue weighted by atomic mass is 16.5. The summed E-state index contributed by atoms with van der Waals surface area (Å²) in [5.74, 6) is 1.50. The lowest BCUT2D eigenvalue weighted by molar-refractivity contribution is -0.158. The van der Waals surface area contributed by atoms with Gasteiger partial charge in [0, 0.05) is 12.5 Å². The lowest BCUT2D eigenvalue weighted by Gasteiger charge is -2.43. The van der Waals surface area contributed by atoms with Crippen LogP contribution < -0.4 is 0 Å². The molecule has 0 bridgehead atoms. The standard InChI is InChI=1S/C24H38O4/c1-5-16(3)24(26)28-22-13-15(2)12-18-7-6-17(4)21(23(18)22)9-8-20-14-19(25)10-11-27-20/h6-7,12,15-17,19-23,25H,5,8-11,13-14H2,1-4H3/t15-,16-,17-,19-,20+,21-,22-,23-/m0/s1. The highest BCUT2D eigenvalue weighted by Gasteiger charge is 2.41. The largest absolute Gasteiger partial charge is 0.461 e. The Morgan fingerprint density at radius 3 is 2.82 bits per heavy atom. The second kappa shape index (κ2) is 9.58. The Hall–Kier alpha value is -1.13. The van der Waals surface area contributed by atoms with Crippen LogP contribution in [0.1, 0.15) is 66.2 Å². The molecule has 4 nitrogen and oxygen atoms in total. The Bertz CT molecular complexity index is 595. The first-order valence-corrected chi connectivity index (χ1v) is 11.3. The van der Waals surface area contributed by atoms with E-state index in [0.29, 0.717) is 24.4 Å². The number of carbonyl (C=O) groups is 1. The summed E-state index contributed by atoms with van der Waals surface area (Å²) in [6.07, 6.45) is 12.1. The monoisotopic (exact) mass is 390 g/mol. The average Bonchev–Trinajstić information content (AvgIpc) is 2.66. The summed E-state index contributed by atoms with van der Waals surface area (Å²) >= 11 is 0. The van der Waals surface area contributed by atoms with Crippen LogP contribution in [0.15, 0.2) is 23.8 Å². The Labute approximate surface area is 170 Å². The molecule has 2 aliphatic carbocycles. The highest BCUT2D eigenvalue weighted by molar-refractivity contribution is 5.72. The number of hydrogen-bond acceptors (Lipinski definition) is 4. The molecule has 1 fully saturated rings. The van der Waals surface area contributed by atoms with Crippen molar-refractivity contribution < 1.29 is 19.4 Å². The molecule has 0 unspecified atom stereocenters. The molecule has 0 aromatic rings. The smallest absolute Gasteiger partial charge is 0.308 e. The predicted molar refractivity (Wildman–Crippen MR) is 111 cm³/mol. The maximum atomic E-state index is 12.5. The second-order valence-corrected chi connectivity index (χ2v) is 9.32. The fraction of sp³-hybridized carbons (Fsp3) is 0.792. The summed E-state index contributed by atoms with van der Waals surface area (Å²) in [6, 6.07) is 0. The van der Waals surface area contributed by atoms with Gasteiger partial charge in [0.15, 0.2) is 0 Å². The zero-order chi connectivity index (χ0) is 20.3. The van der Waals surface area contributed by atoms with Crippen LogP contribution in [0.4, 0.5) is 0 Å². The third-order valence-electron chi connectivity index (χ3n) is 7.04. The number of esters is 1. The first kappa shape index (κ1) is 21.6. The van der Waals surface area contributed by atoms with E-state index in [1.54, 1.807) is 0 Å². The molecule has 8 atom stereocenters. The van der Waals surface area contributed by atoms with Crippen molar-refractivity contribution in [3.05, 3.63) is 23.8 Å². The molecule has 0 amide bonds. The van der Waals surface area contributed by atoms with E-state index >= 15 is 0 Å². The van der Waals surface area contributed by atoms with Gasteiger partial charge in [0.05, 0.1) is 18.1 Å². The molecule has 158 valence electrons. The number of fused-ring (bicyclic) bond motifs is 1. The SMILES string of the molecule is CC[C@H](C)C(=O)O[C@H]1C[C@@H](C)C=C2C=C[C@H](C)[C@H](CC[C@@H]3C[C@@H](O)CCO3)[C@H]21. The van der Waals surface area contributed by atoms with Gasteiger partial charge >= 0.3 is 5.97 Å². The second-order valence-electron chi connectivity index (χ2n) is 9.32. The van der Waals surface area contributed by atoms with Crippen molar-refractivity contribution in [1.82, 2.24) is 0 Å². The van der Waals surface area contributed by atoms with Gasteiger partial charge in [0.1, 0.15) is 6.10 Å². The van der Waals surface area contributed by atoms with Gasteiger partial charge in [-0.3, -0.25) is 4.79 Å². The van der Waals surface area contributed by atoms with Crippen LogP contribution >= 0.6 is 0 Å². The summed E-state index contributed by atoms with van der Waals surface area (Å²) in [7, 11) is 0. The molecule has 28 heavy (non-hydrogen) atoms. The maximum Gasteiger partial charge on any atom is 0.308 e. The van der Waals surface area contributed by atoms with E-state index in [2.05, 4.69) is 32.1 Å². The first-order valence-electron chi connectivity index (χ1n) is 11.3. The van der Waals surface area contributed by atoms with Gasteiger partial charge in [0.2, 0.25) is 0 Å². The minimum atomic E-state index is -0.224. The van der Waals surface area contributed by atoms with Crippen molar-refractivity contribution >= 4 is 5.97 Å². The quantitative estimate of drug-likeness (QED) is 0.670. The highest BCUT2D eigenvalue weighted by Crippen LogP contribution is 2.45. The first-order chi connectivity index (χ1) is 13.4. The van der Waals surface area contributed by atoms with Crippen molar-refractivity contribution in [1.29, 1.82) is 0 Å². The van der Waals surface area contributed by atoms with Gasteiger partial charge < -0.3 is 14.6 Å². The van der Waals surface area contributed by atoms with Gasteiger partial charge in [-0.15, -0.1) is 0 Å². The lowest BCUT2D eigenvalue weighted by atomic mass is 9.65. The van der Waals surface area contributed by atoms with Crippen LogP contribution in [0.3, 0.4) is 0 Å². The lowest BCUT2D eigenvalue weighted by Crippen LogP contribution is -2.42. The van der Waals surface area contributed by atoms with Crippen LogP contribution in [0.25, 0.3) is 0 Å². The molecular formula is C24H38O4. The van der Waals surface area contributed by atoms with Gasteiger partial charge in [-0.2, -0.15) is 0 Å². The molecule has 3 aliphatic rings. The number of carbonyl (C=O) groups excluding carboxylic acids is 1. The van der Waals surface area contributed by atoms with E-state index in [1.165, 1.54) is 5.57 Å². The van der Waals surface area contributed by atoms with Gasteiger partial charge in [-0.25, -0.2) is 0 Å². The zero-order valence-corrected chi connectivity index (χ0v) is 18.0. The van der Waals surface area contributed by atoms with Crippen LogP contribution in [0.5, 0.6) is 0 Å². The number of rotatable bonds is 6. The van der Waals surface area contributed by atoms with Crippen LogP contribution in [0.2, 0.25) is 0 Å². The number of aliphatic hydroxyl groups excluding tert-OH is 1. The van der Waals surface area contributed by atoms with Crippen LogP contribution in [-0.4, -0.2) is 36.0 Å². The van der Waals surface area contributed by atoms with Crippen molar-refractivity contribution in [2.45, 2.75) is 84.5 Å². The predicted octanol–water partition coefficient (Wildman–Crippen LogP) is 4.67. The molecule has 0 aromatic carbocycles. The third-order valence-corrected chi connectivity index (χ3v) is 7.04. The van der Waals surface area contributed by atoms with E-state index in [9.17, 15) is 9.90 Å². The van der Waals surface area contributed by atoms with Crippen molar-refractivity contribution in [3.63, 3.8) is 0 Å². The number of ether oxygens (including phenoxy) is 2. The summed E-state index contributed by atoms with van der Waals surface area (Å²) in [5.41, 5.74) is 1.34.